The van der Waals surface area contributed by atoms with Crippen molar-refractivity contribution < 1.29 is 17.9 Å². The van der Waals surface area contributed by atoms with Gasteiger partial charge < -0.3 is 10.1 Å². The molecular weight excluding hydrogens is 255 g/mol. The average Bonchev–Trinajstić information content (AvgIpc) is 2.30. The fourth-order valence-electron chi connectivity index (χ4n) is 1.89. The van der Waals surface area contributed by atoms with Gasteiger partial charge in [0, 0.05) is 12.0 Å². The van der Waals surface area contributed by atoms with E-state index >= 15 is 0 Å². The van der Waals surface area contributed by atoms with Crippen LogP contribution in [0.3, 0.4) is 0 Å². The summed E-state index contributed by atoms with van der Waals surface area (Å²) in [7, 11) is 1.85. The van der Waals surface area contributed by atoms with Gasteiger partial charge in [-0.3, -0.25) is 0 Å². The standard InChI is InChI=1S/C14H18F3NO/c1-4-13(2,10-18-3)9-11-5-7-12(8-6-11)19-14(15,16)17/h4-8,18H,1,9-10H2,2-3H3. The van der Waals surface area contributed by atoms with Crippen LogP contribution >= 0.6 is 0 Å². The third kappa shape index (κ3) is 5.34. The molecule has 106 valence electrons. The summed E-state index contributed by atoms with van der Waals surface area (Å²) in [5.41, 5.74) is 0.799. The van der Waals surface area contributed by atoms with Gasteiger partial charge in [0.2, 0.25) is 0 Å². The van der Waals surface area contributed by atoms with E-state index in [4.69, 9.17) is 0 Å². The number of nitrogens with one attached hydrogen (secondary N) is 1. The number of hydrogen-bond donors (Lipinski definition) is 1. The molecule has 0 amide bonds. The molecule has 0 heterocycles. The molecule has 0 saturated carbocycles. The van der Waals surface area contributed by atoms with E-state index < -0.39 is 6.36 Å². The van der Waals surface area contributed by atoms with Crippen LogP contribution in [0, 0.1) is 5.41 Å². The molecule has 2 nitrogen and oxygen atoms in total. The number of alkyl halides is 3. The predicted octanol–water partition coefficient (Wildman–Crippen LogP) is 3.54. The maximum absolute atomic E-state index is 12.0. The summed E-state index contributed by atoms with van der Waals surface area (Å²) in [4.78, 5) is 0. The first-order valence-electron chi connectivity index (χ1n) is 5.91. The molecule has 1 rings (SSSR count). The van der Waals surface area contributed by atoms with Crippen molar-refractivity contribution in [3.05, 3.63) is 42.5 Å². The van der Waals surface area contributed by atoms with Gasteiger partial charge in [-0.15, -0.1) is 19.8 Å². The number of rotatable bonds is 6. The van der Waals surface area contributed by atoms with Gasteiger partial charge in [0.1, 0.15) is 5.75 Å². The van der Waals surface area contributed by atoms with Crippen molar-refractivity contribution in [2.45, 2.75) is 19.7 Å². The van der Waals surface area contributed by atoms with Crippen LogP contribution in [0.15, 0.2) is 36.9 Å². The molecule has 0 aliphatic heterocycles. The third-order valence-corrected chi connectivity index (χ3v) is 2.84. The minimum Gasteiger partial charge on any atom is -0.406 e. The minimum atomic E-state index is -4.65. The van der Waals surface area contributed by atoms with E-state index in [0.717, 1.165) is 12.1 Å². The summed E-state index contributed by atoms with van der Waals surface area (Å²) in [6.45, 7) is 6.59. The molecule has 0 spiro atoms. The summed E-state index contributed by atoms with van der Waals surface area (Å²) in [5, 5.41) is 3.08. The molecule has 0 radical (unpaired) electrons. The lowest BCUT2D eigenvalue weighted by Gasteiger charge is -2.25. The van der Waals surface area contributed by atoms with Crippen molar-refractivity contribution in [2.75, 3.05) is 13.6 Å². The van der Waals surface area contributed by atoms with Crippen LogP contribution in [0.4, 0.5) is 13.2 Å². The van der Waals surface area contributed by atoms with Crippen LogP contribution in [0.5, 0.6) is 5.75 Å². The van der Waals surface area contributed by atoms with Crippen LogP contribution < -0.4 is 10.1 Å². The molecule has 5 heteroatoms. The van der Waals surface area contributed by atoms with Gasteiger partial charge in [-0.05, 0) is 31.2 Å². The zero-order valence-corrected chi connectivity index (χ0v) is 11.1. The highest BCUT2D eigenvalue weighted by Gasteiger charge is 2.31. The zero-order chi connectivity index (χ0) is 14.5. The van der Waals surface area contributed by atoms with Crippen LogP contribution in [0.2, 0.25) is 0 Å². The Kier molecular flexibility index (Phi) is 5.00. The summed E-state index contributed by atoms with van der Waals surface area (Å²) in [6, 6.07) is 5.92. The topological polar surface area (TPSA) is 21.3 Å². The van der Waals surface area contributed by atoms with Crippen molar-refractivity contribution in [1.29, 1.82) is 0 Å². The second-order valence-corrected chi connectivity index (χ2v) is 4.76. The van der Waals surface area contributed by atoms with E-state index in [1.165, 1.54) is 12.1 Å². The van der Waals surface area contributed by atoms with Crippen molar-refractivity contribution in [3.8, 4) is 5.75 Å². The van der Waals surface area contributed by atoms with Crippen molar-refractivity contribution in [1.82, 2.24) is 5.32 Å². The molecule has 1 N–H and O–H groups in total. The number of benzene rings is 1. The van der Waals surface area contributed by atoms with Crippen molar-refractivity contribution in [3.63, 3.8) is 0 Å². The lowest BCUT2D eigenvalue weighted by molar-refractivity contribution is -0.274. The molecule has 0 fully saturated rings. The van der Waals surface area contributed by atoms with E-state index in [1.54, 1.807) is 12.1 Å². The molecule has 19 heavy (non-hydrogen) atoms. The van der Waals surface area contributed by atoms with Gasteiger partial charge in [0.25, 0.3) is 0 Å². The Morgan fingerprint density at radius 3 is 2.26 bits per heavy atom. The molecule has 0 saturated heterocycles. The van der Waals surface area contributed by atoms with E-state index in [0.29, 0.717) is 6.42 Å². The van der Waals surface area contributed by atoms with Crippen molar-refractivity contribution in [2.24, 2.45) is 5.41 Å². The first kappa shape index (κ1) is 15.6. The monoisotopic (exact) mass is 273 g/mol. The molecule has 1 aromatic rings. The minimum absolute atomic E-state index is 0.138. The average molecular weight is 273 g/mol. The van der Waals surface area contributed by atoms with Gasteiger partial charge in [0.15, 0.2) is 0 Å². The summed E-state index contributed by atoms with van der Waals surface area (Å²) in [5.74, 6) is -0.204. The largest absolute Gasteiger partial charge is 0.573 e. The second kappa shape index (κ2) is 6.10. The maximum Gasteiger partial charge on any atom is 0.573 e. The SMILES string of the molecule is C=CC(C)(CNC)Cc1ccc(OC(F)(F)F)cc1. The third-order valence-electron chi connectivity index (χ3n) is 2.84. The van der Waals surface area contributed by atoms with Gasteiger partial charge in [0.05, 0.1) is 0 Å². The molecule has 0 bridgehead atoms. The lowest BCUT2D eigenvalue weighted by Crippen LogP contribution is -2.29. The zero-order valence-electron chi connectivity index (χ0n) is 11.1. The molecular formula is C14H18F3NO. The quantitative estimate of drug-likeness (QED) is 0.800. The molecule has 1 atom stereocenters. The smallest absolute Gasteiger partial charge is 0.406 e. The molecule has 0 aliphatic rings. The normalized spacial score (nSPS) is 14.8. The van der Waals surface area contributed by atoms with E-state index in [2.05, 4.69) is 16.6 Å². The fourth-order valence-corrected chi connectivity index (χ4v) is 1.89. The Morgan fingerprint density at radius 1 is 1.26 bits per heavy atom. The first-order chi connectivity index (χ1) is 8.78. The highest BCUT2D eigenvalue weighted by molar-refractivity contribution is 5.28. The predicted molar refractivity (Wildman–Crippen MR) is 69.1 cm³/mol. The van der Waals surface area contributed by atoms with Gasteiger partial charge in [-0.2, -0.15) is 0 Å². The fraction of sp³-hybridized carbons (Fsp3) is 0.429. The van der Waals surface area contributed by atoms with Gasteiger partial charge >= 0.3 is 6.36 Å². The molecule has 0 aliphatic carbocycles. The Labute approximate surface area is 111 Å². The van der Waals surface area contributed by atoms with Crippen LogP contribution in [0.25, 0.3) is 0 Å². The maximum atomic E-state index is 12.0. The van der Waals surface area contributed by atoms with Crippen LogP contribution in [0.1, 0.15) is 12.5 Å². The number of halogens is 3. The van der Waals surface area contributed by atoms with Crippen molar-refractivity contribution >= 4 is 0 Å². The Balaban J connectivity index is 2.74. The highest BCUT2D eigenvalue weighted by Crippen LogP contribution is 2.26. The van der Waals surface area contributed by atoms with E-state index in [9.17, 15) is 13.2 Å². The molecule has 1 unspecified atom stereocenters. The van der Waals surface area contributed by atoms with Crippen LogP contribution in [-0.2, 0) is 6.42 Å². The first-order valence-corrected chi connectivity index (χ1v) is 5.91. The summed E-state index contributed by atoms with van der Waals surface area (Å²) in [6.07, 6.45) is -2.10. The second-order valence-electron chi connectivity index (χ2n) is 4.76. The lowest BCUT2D eigenvalue weighted by atomic mass is 9.83. The van der Waals surface area contributed by atoms with E-state index in [-0.39, 0.29) is 11.2 Å². The van der Waals surface area contributed by atoms with Gasteiger partial charge in [-0.1, -0.05) is 25.1 Å². The summed E-state index contributed by atoms with van der Waals surface area (Å²) < 4.78 is 39.9. The molecule has 0 aromatic heterocycles. The Morgan fingerprint density at radius 2 is 1.84 bits per heavy atom. The molecule has 1 aromatic carbocycles. The Bertz CT molecular complexity index is 414. The van der Waals surface area contributed by atoms with E-state index in [1.807, 2.05) is 20.0 Å². The van der Waals surface area contributed by atoms with Crippen LogP contribution in [-0.4, -0.2) is 20.0 Å². The number of ether oxygens (including phenoxy) is 1. The highest BCUT2D eigenvalue weighted by atomic mass is 19.4. The van der Waals surface area contributed by atoms with Gasteiger partial charge in [-0.25, -0.2) is 0 Å². The number of hydrogen-bond acceptors (Lipinski definition) is 2. The Hall–Kier alpha value is -1.49. The summed E-state index contributed by atoms with van der Waals surface area (Å²) >= 11 is 0.